The second-order valence-corrected chi connectivity index (χ2v) is 5.66. The Morgan fingerprint density at radius 3 is 2.83 bits per heavy atom. The fourth-order valence-corrected chi connectivity index (χ4v) is 2.82. The fourth-order valence-electron chi connectivity index (χ4n) is 2.82. The van der Waals surface area contributed by atoms with Gasteiger partial charge in [0, 0.05) is 17.9 Å². The Labute approximate surface area is 133 Å². The van der Waals surface area contributed by atoms with E-state index < -0.39 is 17.9 Å². The predicted octanol–water partition coefficient (Wildman–Crippen LogP) is 1.84. The predicted molar refractivity (Wildman–Crippen MR) is 84.2 cm³/mol. The number of nitrogens with one attached hydrogen (secondary N) is 1. The van der Waals surface area contributed by atoms with Crippen LogP contribution >= 0.6 is 0 Å². The molecule has 0 aliphatic carbocycles. The zero-order valence-electron chi connectivity index (χ0n) is 12.6. The lowest BCUT2D eigenvalue weighted by atomic mass is 9.93. The third-order valence-electron chi connectivity index (χ3n) is 4.05. The van der Waals surface area contributed by atoms with Crippen LogP contribution in [0.1, 0.15) is 23.3 Å². The second-order valence-electron chi connectivity index (χ2n) is 5.66. The van der Waals surface area contributed by atoms with E-state index >= 15 is 0 Å². The Balaban J connectivity index is 1.78. The van der Waals surface area contributed by atoms with Gasteiger partial charge >= 0.3 is 5.97 Å². The van der Waals surface area contributed by atoms with Crippen LogP contribution in [0.4, 0.5) is 0 Å². The van der Waals surface area contributed by atoms with Gasteiger partial charge in [0.15, 0.2) is 0 Å². The molecular formula is C17H18N2O4. The Morgan fingerprint density at radius 2 is 2.09 bits per heavy atom. The van der Waals surface area contributed by atoms with E-state index in [1.54, 1.807) is 12.1 Å². The quantitative estimate of drug-likeness (QED) is 0.899. The number of nitrogens with zero attached hydrogens (tertiary/aromatic N) is 1. The number of aliphatic carboxylic acids is 1. The normalized spacial score (nSPS) is 19.2. The molecule has 120 valence electrons. The zero-order valence-corrected chi connectivity index (χ0v) is 12.6. The maximum atomic E-state index is 12.4. The molecule has 1 aromatic heterocycles. The van der Waals surface area contributed by atoms with Gasteiger partial charge in [0.1, 0.15) is 11.7 Å². The first-order valence-corrected chi connectivity index (χ1v) is 7.62. The molecular weight excluding hydrogens is 296 g/mol. The highest BCUT2D eigenvalue weighted by Crippen LogP contribution is 2.18. The van der Waals surface area contributed by atoms with E-state index in [1.165, 1.54) is 0 Å². The number of ether oxygens (including phenoxy) is 1. The van der Waals surface area contributed by atoms with Crippen molar-refractivity contribution in [1.82, 2.24) is 10.3 Å². The van der Waals surface area contributed by atoms with Crippen molar-refractivity contribution >= 4 is 22.8 Å². The van der Waals surface area contributed by atoms with Crippen molar-refractivity contribution in [3.05, 3.63) is 42.1 Å². The van der Waals surface area contributed by atoms with Crippen LogP contribution in [0.2, 0.25) is 0 Å². The number of aromatic nitrogens is 1. The monoisotopic (exact) mass is 314 g/mol. The number of para-hydroxylation sites is 1. The molecule has 1 fully saturated rings. The van der Waals surface area contributed by atoms with Crippen molar-refractivity contribution in [2.75, 3.05) is 13.2 Å². The van der Waals surface area contributed by atoms with Crippen molar-refractivity contribution in [3.8, 4) is 0 Å². The van der Waals surface area contributed by atoms with Crippen molar-refractivity contribution in [3.63, 3.8) is 0 Å². The molecule has 3 rings (SSSR count). The number of carboxylic acid groups (broad SMARTS) is 1. The molecule has 2 atom stereocenters. The molecule has 1 aliphatic heterocycles. The summed E-state index contributed by atoms with van der Waals surface area (Å²) >= 11 is 0. The highest BCUT2D eigenvalue weighted by atomic mass is 16.5. The van der Waals surface area contributed by atoms with Gasteiger partial charge in [-0.2, -0.15) is 0 Å². The first-order chi connectivity index (χ1) is 11.1. The van der Waals surface area contributed by atoms with E-state index in [4.69, 9.17) is 4.74 Å². The number of hydrogen-bond donors (Lipinski definition) is 2. The van der Waals surface area contributed by atoms with Crippen LogP contribution in [0.15, 0.2) is 36.4 Å². The van der Waals surface area contributed by atoms with Crippen LogP contribution in [0.3, 0.4) is 0 Å². The molecule has 0 saturated carbocycles. The van der Waals surface area contributed by atoms with E-state index in [9.17, 15) is 14.7 Å². The van der Waals surface area contributed by atoms with Crippen LogP contribution in [0.5, 0.6) is 0 Å². The zero-order chi connectivity index (χ0) is 16.2. The van der Waals surface area contributed by atoms with Gasteiger partial charge in [-0.25, -0.2) is 9.78 Å². The number of rotatable bonds is 4. The van der Waals surface area contributed by atoms with Gasteiger partial charge in [-0.15, -0.1) is 0 Å². The summed E-state index contributed by atoms with van der Waals surface area (Å²) in [7, 11) is 0. The number of amides is 1. The van der Waals surface area contributed by atoms with E-state index in [0.717, 1.165) is 18.2 Å². The van der Waals surface area contributed by atoms with Gasteiger partial charge in [-0.1, -0.05) is 24.3 Å². The van der Waals surface area contributed by atoms with E-state index in [0.29, 0.717) is 18.7 Å². The first kappa shape index (κ1) is 15.4. The number of carbonyl (C=O) groups is 2. The van der Waals surface area contributed by atoms with Gasteiger partial charge < -0.3 is 15.2 Å². The minimum atomic E-state index is -1.05. The Hall–Kier alpha value is -2.47. The SMILES string of the molecule is O=C(NC(C(=O)O)C1CCCOC1)c1ccc2ccccc2n1. The number of benzene rings is 1. The second kappa shape index (κ2) is 6.75. The molecule has 1 amide bonds. The van der Waals surface area contributed by atoms with Crippen molar-refractivity contribution in [1.29, 1.82) is 0 Å². The molecule has 0 bridgehead atoms. The smallest absolute Gasteiger partial charge is 0.326 e. The molecule has 23 heavy (non-hydrogen) atoms. The maximum Gasteiger partial charge on any atom is 0.326 e. The van der Waals surface area contributed by atoms with E-state index in [2.05, 4.69) is 10.3 Å². The number of pyridine rings is 1. The van der Waals surface area contributed by atoms with Gasteiger partial charge in [-0.05, 0) is 25.0 Å². The summed E-state index contributed by atoms with van der Waals surface area (Å²) in [6.07, 6.45) is 1.53. The fraction of sp³-hybridized carbons (Fsp3) is 0.353. The topological polar surface area (TPSA) is 88.5 Å². The van der Waals surface area contributed by atoms with Crippen molar-refractivity contribution in [2.45, 2.75) is 18.9 Å². The summed E-state index contributed by atoms with van der Waals surface area (Å²) in [4.78, 5) is 28.2. The Bertz CT molecular complexity index is 725. The van der Waals surface area contributed by atoms with Crippen LogP contribution in [0, 0.1) is 5.92 Å². The molecule has 6 nitrogen and oxygen atoms in total. The third kappa shape index (κ3) is 3.48. The summed E-state index contributed by atoms with van der Waals surface area (Å²) in [6, 6.07) is 9.91. The summed E-state index contributed by atoms with van der Waals surface area (Å²) < 4.78 is 5.33. The molecule has 0 radical (unpaired) electrons. The Morgan fingerprint density at radius 1 is 1.26 bits per heavy atom. The highest BCUT2D eigenvalue weighted by molar-refractivity contribution is 5.97. The molecule has 0 spiro atoms. The van der Waals surface area contributed by atoms with Crippen LogP contribution in [-0.2, 0) is 9.53 Å². The molecule has 2 unspecified atom stereocenters. The standard InChI is InChI=1S/C17H18N2O4/c20-16(14-8-7-11-4-1-2-6-13(11)18-14)19-15(17(21)22)12-5-3-9-23-10-12/h1-2,4,6-8,12,15H,3,5,9-10H2,(H,19,20)(H,21,22). The summed E-state index contributed by atoms with van der Waals surface area (Å²) in [5, 5.41) is 12.9. The van der Waals surface area contributed by atoms with Crippen molar-refractivity contribution in [2.24, 2.45) is 5.92 Å². The van der Waals surface area contributed by atoms with Crippen molar-refractivity contribution < 1.29 is 19.4 Å². The van der Waals surface area contributed by atoms with Gasteiger partial charge in [0.05, 0.1) is 12.1 Å². The molecule has 2 heterocycles. The molecule has 2 aromatic rings. The number of carbonyl (C=O) groups excluding carboxylic acids is 1. The van der Waals surface area contributed by atoms with E-state index in [-0.39, 0.29) is 11.6 Å². The minimum absolute atomic E-state index is 0.215. The van der Waals surface area contributed by atoms with Crippen LogP contribution in [0.25, 0.3) is 10.9 Å². The lowest BCUT2D eigenvalue weighted by Crippen LogP contribution is -2.48. The summed E-state index contributed by atoms with van der Waals surface area (Å²) in [6.45, 7) is 0.991. The summed E-state index contributed by atoms with van der Waals surface area (Å²) in [5.74, 6) is -1.74. The van der Waals surface area contributed by atoms with Crippen LogP contribution < -0.4 is 5.32 Å². The number of carboxylic acids is 1. The number of fused-ring (bicyclic) bond motifs is 1. The summed E-state index contributed by atoms with van der Waals surface area (Å²) in [5.41, 5.74) is 0.916. The van der Waals surface area contributed by atoms with Gasteiger partial charge in [-0.3, -0.25) is 4.79 Å². The Kier molecular flexibility index (Phi) is 4.52. The lowest BCUT2D eigenvalue weighted by molar-refractivity contribution is -0.142. The first-order valence-electron chi connectivity index (χ1n) is 7.62. The average Bonchev–Trinajstić information content (AvgIpc) is 2.59. The molecule has 1 saturated heterocycles. The molecule has 2 N–H and O–H groups in total. The third-order valence-corrected chi connectivity index (χ3v) is 4.05. The average molecular weight is 314 g/mol. The van der Waals surface area contributed by atoms with Gasteiger partial charge in [0.25, 0.3) is 5.91 Å². The highest BCUT2D eigenvalue weighted by Gasteiger charge is 2.31. The molecule has 6 heteroatoms. The minimum Gasteiger partial charge on any atom is -0.480 e. The molecule has 1 aromatic carbocycles. The van der Waals surface area contributed by atoms with Gasteiger partial charge in [0.2, 0.25) is 0 Å². The largest absolute Gasteiger partial charge is 0.480 e. The van der Waals surface area contributed by atoms with Crippen LogP contribution in [-0.4, -0.2) is 41.2 Å². The maximum absolute atomic E-state index is 12.4. The molecule has 1 aliphatic rings. The number of hydrogen-bond acceptors (Lipinski definition) is 4. The van der Waals surface area contributed by atoms with E-state index in [1.807, 2.05) is 24.3 Å². The lowest BCUT2D eigenvalue weighted by Gasteiger charge is -2.27.